The van der Waals surface area contributed by atoms with E-state index in [1.165, 1.54) is 18.2 Å². The standard InChI is InChI=1S/C11H14ClNO4S/c1-7(6-18(2,16)17)13-10-5-8(12)3-4-9(10)11(14)15/h3-5,7,13H,6H2,1-2H3,(H,14,15). The van der Waals surface area contributed by atoms with Crippen LogP contribution in [-0.4, -0.2) is 37.5 Å². The van der Waals surface area contributed by atoms with Crippen LogP contribution in [0, 0.1) is 0 Å². The first-order valence-corrected chi connectivity index (χ1v) is 7.60. The molecule has 0 aromatic heterocycles. The van der Waals surface area contributed by atoms with Gasteiger partial charge in [-0.3, -0.25) is 0 Å². The molecule has 18 heavy (non-hydrogen) atoms. The van der Waals surface area contributed by atoms with E-state index >= 15 is 0 Å². The number of carbonyl (C=O) groups is 1. The molecule has 0 fully saturated rings. The molecule has 0 saturated heterocycles. The summed E-state index contributed by atoms with van der Waals surface area (Å²) in [5.41, 5.74) is 0.367. The SMILES string of the molecule is CC(CS(C)(=O)=O)Nc1cc(Cl)ccc1C(=O)O. The Bertz CT molecular complexity index is 556. The molecule has 5 nitrogen and oxygen atoms in total. The molecule has 1 rings (SSSR count). The van der Waals surface area contributed by atoms with Crippen molar-refractivity contribution in [1.82, 2.24) is 0 Å². The van der Waals surface area contributed by atoms with Crippen LogP contribution < -0.4 is 5.32 Å². The number of anilines is 1. The van der Waals surface area contributed by atoms with Gasteiger partial charge in [-0.1, -0.05) is 11.6 Å². The van der Waals surface area contributed by atoms with Crippen LogP contribution in [0.15, 0.2) is 18.2 Å². The van der Waals surface area contributed by atoms with Crippen molar-refractivity contribution in [1.29, 1.82) is 0 Å². The smallest absolute Gasteiger partial charge is 0.337 e. The molecule has 0 aliphatic heterocycles. The number of rotatable bonds is 5. The molecule has 1 aromatic rings. The first kappa shape index (κ1) is 14.8. The molecule has 0 amide bonds. The highest BCUT2D eigenvalue weighted by molar-refractivity contribution is 7.90. The minimum Gasteiger partial charge on any atom is -0.478 e. The highest BCUT2D eigenvalue weighted by Gasteiger charge is 2.15. The van der Waals surface area contributed by atoms with E-state index in [4.69, 9.17) is 16.7 Å². The van der Waals surface area contributed by atoms with Crippen LogP contribution in [-0.2, 0) is 9.84 Å². The lowest BCUT2D eigenvalue weighted by Crippen LogP contribution is -2.26. The summed E-state index contributed by atoms with van der Waals surface area (Å²) in [5, 5.41) is 12.2. The summed E-state index contributed by atoms with van der Waals surface area (Å²) in [6.45, 7) is 1.66. The summed E-state index contributed by atoms with van der Waals surface area (Å²) in [6.07, 6.45) is 1.13. The Hall–Kier alpha value is -1.27. The van der Waals surface area contributed by atoms with Gasteiger partial charge < -0.3 is 10.4 Å². The van der Waals surface area contributed by atoms with Gasteiger partial charge in [0.1, 0.15) is 9.84 Å². The number of halogens is 1. The predicted molar refractivity (Wildman–Crippen MR) is 71.2 cm³/mol. The summed E-state index contributed by atoms with van der Waals surface area (Å²) in [5.74, 6) is -1.18. The topological polar surface area (TPSA) is 83.5 Å². The maximum atomic E-state index is 11.1. The third-order valence-electron chi connectivity index (χ3n) is 2.17. The molecule has 0 saturated carbocycles. The van der Waals surface area contributed by atoms with Crippen LogP contribution in [0.4, 0.5) is 5.69 Å². The molecule has 0 aliphatic rings. The fourth-order valence-electron chi connectivity index (χ4n) is 1.58. The van der Waals surface area contributed by atoms with Crippen molar-refractivity contribution in [3.05, 3.63) is 28.8 Å². The van der Waals surface area contributed by atoms with Crippen LogP contribution in [0.2, 0.25) is 5.02 Å². The van der Waals surface area contributed by atoms with Crippen molar-refractivity contribution in [2.24, 2.45) is 0 Å². The number of carboxylic acids is 1. The van der Waals surface area contributed by atoms with Crippen LogP contribution in [0.5, 0.6) is 0 Å². The Kier molecular flexibility index (Phi) is 4.59. The van der Waals surface area contributed by atoms with E-state index in [0.29, 0.717) is 10.7 Å². The molecule has 1 unspecified atom stereocenters. The van der Waals surface area contributed by atoms with Gasteiger partial charge in [0.25, 0.3) is 0 Å². The van der Waals surface area contributed by atoms with Crippen molar-refractivity contribution < 1.29 is 18.3 Å². The van der Waals surface area contributed by atoms with E-state index in [9.17, 15) is 13.2 Å². The number of nitrogens with one attached hydrogen (secondary N) is 1. The number of carboxylic acid groups (broad SMARTS) is 1. The van der Waals surface area contributed by atoms with Crippen molar-refractivity contribution in [2.45, 2.75) is 13.0 Å². The number of hydrogen-bond donors (Lipinski definition) is 2. The molecule has 7 heteroatoms. The number of benzene rings is 1. The van der Waals surface area contributed by atoms with E-state index in [2.05, 4.69) is 5.32 Å². The molecule has 2 N–H and O–H groups in total. The maximum Gasteiger partial charge on any atom is 0.337 e. The second-order valence-electron chi connectivity index (χ2n) is 4.13. The average molecular weight is 292 g/mol. The molecular formula is C11H14ClNO4S. The predicted octanol–water partition coefficient (Wildman–Crippen LogP) is 1.88. The van der Waals surface area contributed by atoms with E-state index in [-0.39, 0.29) is 11.3 Å². The second-order valence-corrected chi connectivity index (χ2v) is 6.75. The normalized spacial score (nSPS) is 13.1. The zero-order valence-corrected chi connectivity index (χ0v) is 11.5. The minimum atomic E-state index is -3.13. The van der Waals surface area contributed by atoms with E-state index in [1.54, 1.807) is 6.92 Å². The van der Waals surface area contributed by atoms with E-state index in [1.807, 2.05) is 0 Å². The monoisotopic (exact) mass is 291 g/mol. The van der Waals surface area contributed by atoms with Crippen molar-refractivity contribution in [3.8, 4) is 0 Å². The van der Waals surface area contributed by atoms with E-state index < -0.39 is 21.8 Å². The molecule has 0 spiro atoms. The minimum absolute atomic E-state index is 0.0553. The van der Waals surface area contributed by atoms with Crippen molar-refractivity contribution >= 4 is 33.1 Å². The molecule has 1 atom stereocenters. The molecule has 0 aliphatic carbocycles. The highest BCUT2D eigenvalue weighted by Crippen LogP contribution is 2.22. The lowest BCUT2D eigenvalue weighted by molar-refractivity contribution is 0.0698. The molecule has 1 aromatic carbocycles. The fourth-order valence-corrected chi connectivity index (χ4v) is 2.75. The summed E-state index contributed by atoms with van der Waals surface area (Å²) in [7, 11) is -3.13. The Balaban J connectivity index is 2.96. The van der Waals surface area contributed by atoms with Gasteiger partial charge in [0, 0.05) is 17.3 Å². The molecular weight excluding hydrogens is 278 g/mol. The largest absolute Gasteiger partial charge is 0.478 e. The molecule has 100 valence electrons. The highest BCUT2D eigenvalue weighted by atomic mass is 35.5. The number of hydrogen-bond acceptors (Lipinski definition) is 4. The van der Waals surface area contributed by atoms with Gasteiger partial charge in [0.05, 0.1) is 17.0 Å². The van der Waals surface area contributed by atoms with Crippen molar-refractivity contribution in [3.63, 3.8) is 0 Å². The third kappa shape index (κ3) is 4.54. The molecule has 0 heterocycles. The third-order valence-corrected chi connectivity index (χ3v) is 3.51. The van der Waals surface area contributed by atoms with Gasteiger partial charge in [-0.25, -0.2) is 13.2 Å². The molecule has 0 radical (unpaired) electrons. The van der Waals surface area contributed by atoms with Gasteiger partial charge in [-0.2, -0.15) is 0 Å². The number of sulfone groups is 1. The van der Waals surface area contributed by atoms with Crippen LogP contribution in [0.3, 0.4) is 0 Å². The Morgan fingerprint density at radius 3 is 2.61 bits per heavy atom. The summed E-state index contributed by atoms with van der Waals surface area (Å²) in [4.78, 5) is 11.0. The van der Waals surface area contributed by atoms with Gasteiger partial charge in [-0.15, -0.1) is 0 Å². The average Bonchev–Trinajstić information content (AvgIpc) is 2.13. The maximum absolute atomic E-state index is 11.1. The van der Waals surface area contributed by atoms with E-state index in [0.717, 1.165) is 6.26 Å². The Morgan fingerprint density at radius 1 is 1.50 bits per heavy atom. The fraction of sp³-hybridized carbons (Fsp3) is 0.364. The van der Waals surface area contributed by atoms with Crippen LogP contribution in [0.1, 0.15) is 17.3 Å². The van der Waals surface area contributed by atoms with Gasteiger partial charge in [-0.05, 0) is 25.1 Å². The molecule has 0 bridgehead atoms. The zero-order valence-electron chi connectivity index (χ0n) is 9.97. The summed E-state index contributed by atoms with van der Waals surface area (Å²) >= 11 is 5.79. The van der Waals surface area contributed by atoms with Gasteiger partial charge in [0.15, 0.2) is 0 Å². The first-order valence-electron chi connectivity index (χ1n) is 5.16. The quantitative estimate of drug-likeness (QED) is 0.865. The summed E-state index contributed by atoms with van der Waals surface area (Å²) in [6, 6.07) is 3.90. The lowest BCUT2D eigenvalue weighted by atomic mass is 10.1. The van der Waals surface area contributed by atoms with Crippen molar-refractivity contribution in [2.75, 3.05) is 17.3 Å². The number of aromatic carboxylic acids is 1. The van der Waals surface area contributed by atoms with Crippen LogP contribution in [0.25, 0.3) is 0 Å². The second kappa shape index (κ2) is 5.58. The van der Waals surface area contributed by atoms with Gasteiger partial charge >= 0.3 is 5.97 Å². The first-order chi connectivity index (χ1) is 8.19. The lowest BCUT2D eigenvalue weighted by Gasteiger charge is -2.16. The Labute approximate surface area is 111 Å². The zero-order chi connectivity index (χ0) is 13.9. The Morgan fingerprint density at radius 2 is 2.11 bits per heavy atom. The van der Waals surface area contributed by atoms with Gasteiger partial charge in [0.2, 0.25) is 0 Å². The van der Waals surface area contributed by atoms with Crippen LogP contribution >= 0.6 is 11.6 Å². The summed E-state index contributed by atoms with van der Waals surface area (Å²) < 4.78 is 22.3.